The molecule has 0 spiro atoms. The van der Waals surface area contributed by atoms with Gasteiger partial charge in [-0.25, -0.2) is 0 Å². The number of para-hydroxylation sites is 2. The van der Waals surface area contributed by atoms with E-state index in [0.29, 0.717) is 18.4 Å². The van der Waals surface area contributed by atoms with E-state index in [4.69, 9.17) is 0 Å². The van der Waals surface area contributed by atoms with Crippen molar-refractivity contribution < 1.29 is 9.59 Å². The van der Waals surface area contributed by atoms with E-state index in [0.717, 1.165) is 40.2 Å². The molecule has 5 rings (SSSR count). The molecule has 1 aliphatic rings. The van der Waals surface area contributed by atoms with Gasteiger partial charge in [0.05, 0.1) is 11.0 Å². The topological polar surface area (TPSA) is 39.1 Å². The molecule has 0 amide bonds. The number of carbonyl (C=O) groups is 2. The van der Waals surface area contributed by atoms with Crippen LogP contribution in [0.1, 0.15) is 46.9 Å². The highest BCUT2D eigenvalue weighted by molar-refractivity contribution is 6.29. The average molecular weight is 381 g/mol. The number of Topliss-reactive ketones (excluding diaryl/α,β-unsaturated/α-hetero) is 1. The number of ketones is 1. The van der Waals surface area contributed by atoms with Crippen LogP contribution in [-0.4, -0.2) is 16.3 Å². The van der Waals surface area contributed by atoms with E-state index in [2.05, 4.69) is 6.92 Å². The Bertz CT molecular complexity index is 1250. The summed E-state index contributed by atoms with van der Waals surface area (Å²) in [5, 5.41) is 2.00. The van der Waals surface area contributed by atoms with E-state index in [-0.39, 0.29) is 11.7 Å². The largest absolute Gasteiger partial charge is 0.293 e. The molecule has 144 valence electrons. The van der Waals surface area contributed by atoms with Gasteiger partial charge in [-0.1, -0.05) is 80.4 Å². The van der Waals surface area contributed by atoms with Crippen LogP contribution < -0.4 is 0 Å². The predicted molar refractivity (Wildman–Crippen MR) is 117 cm³/mol. The molecular formula is C26H23NO2. The first-order valence-electron chi connectivity index (χ1n) is 10.3. The number of hydrogen-bond donors (Lipinski definition) is 0. The van der Waals surface area contributed by atoms with Crippen molar-refractivity contribution in [1.29, 1.82) is 0 Å². The van der Waals surface area contributed by atoms with E-state index in [1.54, 1.807) is 0 Å². The number of carbonyl (C=O) groups excluding carboxylic acids is 2. The van der Waals surface area contributed by atoms with Crippen LogP contribution in [0.15, 0.2) is 72.8 Å². The fourth-order valence-corrected chi connectivity index (χ4v) is 4.87. The maximum atomic E-state index is 14.1. The molecule has 0 radical (unpaired) electrons. The second-order valence-electron chi connectivity index (χ2n) is 8.04. The molecule has 0 saturated heterocycles. The highest BCUT2D eigenvalue weighted by Crippen LogP contribution is 2.44. The summed E-state index contributed by atoms with van der Waals surface area (Å²) >= 11 is 0. The maximum Gasteiger partial charge on any atom is 0.246 e. The van der Waals surface area contributed by atoms with Gasteiger partial charge in [-0.15, -0.1) is 0 Å². The van der Waals surface area contributed by atoms with Crippen LogP contribution >= 0.6 is 0 Å². The van der Waals surface area contributed by atoms with Crippen molar-refractivity contribution in [3.63, 3.8) is 0 Å². The van der Waals surface area contributed by atoms with Crippen molar-refractivity contribution in [2.45, 2.75) is 32.6 Å². The standard InChI is InChI=1S/C26H23NO2/c1-2-3-16-26(17-18-10-5-4-6-11-18)24(28)21-14-9-13-20-19-12-7-8-15-22(19)27(23(20)21)25(26)29/h4-15H,2-3,16-17H2,1H3. The first-order chi connectivity index (χ1) is 14.2. The quantitative estimate of drug-likeness (QED) is 0.395. The number of nitrogens with zero attached hydrogens (tertiary/aromatic N) is 1. The van der Waals surface area contributed by atoms with Gasteiger partial charge in [-0.2, -0.15) is 0 Å². The number of benzene rings is 3. The van der Waals surface area contributed by atoms with Crippen LogP contribution in [0.2, 0.25) is 0 Å². The number of unbranched alkanes of at least 4 members (excludes halogenated alkanes) is 1. The third kappa shape index (κ3) is 2.50. The van der Waals surface area contributed by atoms with Gasteiger partial charge in [0.25, 0.3) is 0 Å². The minimum absolute atomic E-state index is 0.0271. The second-order valence-corrected chi connectivity index (χ2v) is 8.04. The molecule has 1 atom stereocenters. The zero-order valence-electron chi connectivity index (χ0n) is 16.5. The highest BCUT2D eigenvalue weighted by Gasteiger charge is 2.50. The smallest absolute Gasteiger partial charge is 0.246 e. The van der Waals surface area contributed by atoms with E-state index in [1.165, 1.54) is 0 Å². The molecule has 3 heteroatoms. The first-order valence-corrected chi connectivity index (χ1v) is 10.3. The summed E-state index contributed by atoms with van der Waals surface area (Å²) in [6.07, 6.45) is 2.79. The Kier molecular flexibility index (Phi) is 4.13. The van der Waals surface area contributed by atoms with Crippen molar-refractivity contribution >= 4 is 33.5 Å². The van der Waals surface area contributed by atoms with Crippen LogP contribution in [0.4, 0.5) is 0 Å². The summed E-state index contributed by atoms with van der Waals surface area (Å²) in [4.78, 5) is 28.0. The zero-order chi connectivity index (χ0) is 20.0. The number of aromatic nitrogens is 1. The van der Waals surface area contributed by atoms with Crippen LogP contribution in [0.5, 0.6) is 0 Å². The van der Waals surface area contributed by atoms with Gasteiger partial charge < -0.3 is 0 Å². The maximum absolute atomic E-state index is 14.1. The Balaban J connectivity index is 1.80. The van der Waals surface area contributed by atoms with Gasteiger partial charge >= 0.3 is 0 Å². The summed E-state index contributed by atoms with van der Waals surface area (Å²) < 4.78 is 1.82. The fourth-order valence-electron chi connectivity index (χ4n) is 4.87. The lowest BCUT2D eigenvalue weighted by Crippen LogP contribution is -2.47. The Morgan fingerprint density at radius 3 is 2.34 bits per heavy atom. The molecule has 29 heavy (non-hydrogen) atoms. The Morgan fingerprint density at radius 1 is 0.828 bits per heavy atom. The van der Waals surface area contributed by atoms with Crippen LogP contribution in [0.25, 0.3) is 21.8 Å². The molecular weight excluding hydrogens is 358 g/mol. The van der Waals surface area contributed by atoms with Crippen molar-refractivity contribution in [1.82, 2.24) is 4.57 Å². The summed E-state index contributed by atoms with van der Waals surface area (Å²) in [6, 6.07) is 23.7. The molecule has 1 aliphatic heterocycles. The van der Waals surface area contributed by atoms with E-state index < -0.39 is 5.41 Å². The third-order valence-electron chi connectivity index (χ3n) is 6.29. The minimum Gasteiger partial charge on any atom is -0.293 e. The number of fused-ring (bicyclic) bond motifs is 3. The minimum atomic E-state index is -1.06. The average Bonchev–Trinajstić information content (AvgIpc) is 3.10. The molecule has 0 fully saturated rings. The summed E-state index contributed by atoms with van der Waals surface area (Å²) in [5.41, 5.74) is 2.30. The molecule has 1 unspecified atom stereocenters. The predicted octanol–water partition coefficient (Wildman–Crippen LogP) is 6.05. The van der Waals surface area contributed by atoms with Crippen molar-refractivity contribution in [2.24, 2.45) is 5.41 Å². The monoisotopic (exact) mass is 381 g/mol. The lowest BCUT2D eigenvalue weighted by atomic mass is 9.69. The lowest BCUT2D eigenvalue weighted by Gasteiger charge is -2.35. The van der Waals surface area contributed by atoms with Gasteiger partial charge in [0, 0.05) is 16.3 Å². The summed E-state index contributed by atoms with van der Waals surface area (Å²) in [7, 11) is 0. The Labute approximate surface area is 170 Å². The second kappa shape index (κ2) is 6.70. The van der Waals surface area contributed by atoms with Gasteiger partial charge in [0.1, 0.15) is 5.41 Å². The van der Waals surface area contributed by atoms with E-state index in [1.807, 2.05) is 77.4 Å². The van der Waals surface area contributed by atoms with E-state index in [9.17, 15) is 9.59 Å². The lowest BCUT2D eigenvalue weighted by molar-refractivity contribution is 0.0574. The molecule has 0 saturated carbocycles. The molecule has 0 N–H and O–H groups in total. The van der Waals surface area contributed by atoms with Gasteiger partial charge in [-0.05, 0) is 30.5 Å². The third-order valence-corrected chi connectivity index (χ3v) is 6.29. The summed E-state index contributed by atoms with van der Waals surface area (Å²) in [6.45, 7) is 2.10. The normalized spacial score (nSPS) is 18.7. The molecule has 4 aromatic rings. The van der Waals surface area contributed by atoms with Crippen LogP contribution in [-0.2, 0) is 6.42 Å². The van der Waals surface area contributed by atoms with Crippen molar-refractivity contribution in [3.05, 3.63) is 83.9 Å². The van der Waals surface area contributed by atoms with Crippen molar-refractivity contribution in [3.8, 4) is 0 Å². The molecule has 0 aliphatic carbocycles. The zero-order valence-corrected chi connectivity index (χ0v) is 16.5. The van der Waals surface area contributed by atoms with Gasteiger partial charge in [0.2, 0.25) is 5.91 Å². The number of rotatable bonds is 5. The molecule has 2 heterocycles. The van der Waals surface area contributed by atoms with Crippen molar-refractivity contribution in [2.75, 3.05) is 0 Å². The SMILES string of the molecule is CCCCC1(Cc2ccccc2)C(=O)c2cccc3c4ccccc4n(c23)C1=O. The molecule has 3 nitrogen and oxygen atoms in total. The van der Waals surface area contributed by atoms with Crippen LogP contribution in [0.3, 0.4) is 0 Å². The summed E-state index contributed by atoms with van der Waals surface area (Å²) in [5.74, 6) is -0.106. The molecule has 0 bridgehead atoms. The Morgan fingerprint density at radius 2 is 1.55 bits per heavy atom. The fraction of sp³-hybridized carbons (Fsp3) is 0.231. The first kappa shape index (κ1) is 17.9. The van der Waals surface area contributed by atoms with E-state index >= 15 is 0 Å². The molecule has 1 aromatic heterocycles. The molecule has 3 aromatic carbocycles. The van der Waals surface area contributed by atoms with Gasteiger partial charge in [-0.3, -0.25) is 14.2 Å². The highest BCUT2D eigenvalue weighted by atomic mass is 16.2. The van der Waals surface area contributed by atoms with Crippen LogP contribution in [0, 0.1) is 5.41 Å². The number of hydrogen-bond acceptors (Lipinski definition) is 2. The Hall–Kier alpha value is -3.20. The van der Waals surface area contributed by atoms with Gasteiger partial charge in [0.15, 0.2) is 5.78 Å².